The molecular weight excluding hydrogens is 278 g/mol. The van der Waals surface area contributed by atoms with Crippen molar-refractivity contribution in [2.45, 2.75) is 39.3 Å². The van der Waals surface area contributed by atoms with Gasteiger partial charge in [0.25, 0.3) is 0 Å². The minimum absolute atomic E-state index is 0.000779. The molecule has 1 aliphatic heterocycles. The van der Waals surface area contributed by atoms with Crippen LogP contribution in [0.5, 0.6) is 0 Å². The summed E-state index contributed by atoms with van der Waals surface area (Å²) in [4.78, 5) is 26.4. The molecule has 1 aliphatic rings. The Labute approximate surface area is 132 Å². The maximum Gasteiger partial charge on any atom is 0.242 e. The first-order valence-corrected chi connectivity index (χ1v) is 7.90. The summed E-state index contributed by atoms with van der Waals surface area (Å²) in [6.07, 6.45) is 1.32. The molecule has 2 atom stereocenters. The minimum atomic E-state index is -0.206. The number of anilines is 1. The molecule has 0 saturated heterocycles. The number of hydrogen-bond acceptors (Lipinski definition) is 3. The Bertz CT molecular complexity index is 544. The number of para-hydroxylation sites is 1. The van der Waals surface area contributed by atoms with Gasteiger partial charge >= 0.3 is 0 Å². The summed E-state index contributed by atoms with van der Waals surface area (Å²) in [7, 11) is 1.64. The molecule has 0 bridgehead atoms. The number of nitrogens with zero attached hydrogens (tertiary/aromatic N) is 1. The standard InChI is InChI=1S/C17H25N3O2/c1-4-12(2)16-17(22)19-14-8-6-5-7-13(14)11-20(16)10-9-15(21)18-3/h5-8,12,16H,4,9-11H2,1-3H3,(H,18,21)(H,19,22)/t12-,16-/m0/s1. The lowest BCUT2D eigenvalue weighted by atomic mass is 9.96. The van der Waals surface area contributed by atoms with Gasteiger partial charge in [0.2, 0.25) is 11.8 Å². The van der Waals surface area contributed by atoms with Crippen LogP contribution in [0.3, 0.4) is 0 Å². The van der Waals surface area contributed by atoms with Crippen LogP contribution < -0.4 is 10.6 Å². The van der Waals surface area contributed by atoms with E-state index in [9.17, 15) is 9.59 Å². The van der Waals surface area contributed by atoms with Crippen molar-refractivity contribution in [1.29, 1.82) is 0 Å². The van der Waals surface area contributed by atoms with Gasteiger partial charge in [-0.3, -0.25) is 14.5 Å². The molecule has 2 amide bonds. The number of hydrogen-bond donors (Lipinski definition) is 2. The Hall–Kier alpha value is -1.88. The van der Waals surface area contributed by atoms with E-state index in [1.807, 2.05) is 24.3 Å². The van der Waals surface area contributed by atoms with Crippen molar-refractivity contribution >= 4 is 17.5 Å². The van der Waals surface area contributed by atoms with Gasteiger partial charge in [0.1, 0.15) is 0 Å². The van der Waals surface area contributed by atoms with Gasteiger partial charge in [-0.2, -0.15) is 0 Å². The molecule has 2 N–H and O–H groups in total. The van der Waals surface area contributed by atoms with Crippen LogP contribution in [-0.4, -0.2) is 36.3 Å². The van der Waals surface area contributed by atoms with Crippen LogP contribution in [0.25, 0.3) is 0 Å². The number of rotatable bonds is 5. The van der Waals surface area contributed by atoms with E-state index in [0.29, 0.717) is 19.5 Å². The lowest BCUT2D eigenvalue weighted by Gasteiger charge is -2.32. The van der Waals surface area contributed by atoms with Gasteiger partial charge in [-0.25, -0.2) is 0 Å². The fourth-order valence-electron chi connectivity index (χ4n) is 2.90. The highest BCUT2D eigenvalue weighted by Crippen LogP contribution is 2.27. The van der Waals surface area contributed by atoms with Crippen LogP contribution >= 0.6 is 0 Å². The van der Waals surface area contributed by atoms with Crippen molar-refractivity contribution in [3.8, 4) is 0 Å². The van der Waals surface area contributed by atoms with Crippen molar-refractivity contribution < 1.29 is 9.59 Å². The van der Waals surface area contributed by atoms with Gasteiger partial charge in [0.15, 0.2) is 0 Å². The lowest BCUT2D eigenvalue weighted by molar-refractivity contribution is -0.125. The maximum atomic E-state index is 12.6. The van der Waals surface area contributed by atoms with Crippen LogP contribution in [0.4, 0.5) is 5.69 Å². The molecule has 0 fully saturated rings. The SMILES string of the molecule is CC[C@H](C)[C@H]1C(=O)Nc2ccccc2CN1CCC(=O)NC. The van der Waals surface area contributed by atoms with Crippen molar-refractivity contribution in [2.75, 3.05) is 18.9 Å². The van der Waals surface area contributed by atoms with E-state index in [4.69, 9.17) is 0 Å². The van der Waals surface area contributed by atoms with E-state index in [2.05, 4.69) is 29.4 Å². The molecule has 1 aromatic rings. The minimum Gasteiger partial charge on any atom is -0.359 e. The highest BCUT2D eigenvalue weighted by Gasteiger charge is 2.33. The van der Waals surface area contributed by atoms with E-state index in [0.717, 1.165) is 17.7 Å². The molecule has 0 radical (unpaired) electrons. The third-order valence-electron chi connectivity index (χ3n) is 4.40. The predicted molar refractivity (Wildman–Crippen MR) is 87.4 cm³/mol. The topological polar surface area (TPSA) is 61.4 Å². The van der Waals surface area contributed by atoms with E-state index in [1.165, 1.54) is 0 Å². The number of amides is 2. The summed E-state index contributed by atoms with van der Waals surface area (Å²) < 4.78 is 0. The second-order valence-electron chi connectivity index (χ2n) is 5.87. The molecule has 2 rings (SSSR count). The van der Waals surface area contributed by atoms with Crippen LogP contribution in [-0.2, 0) is 16.1 Å². The van der Waals surface area contributed by atoms with E-state index < -0.39 is 0 Å². The van der Waals surface area contributed by atoms with Gasteiger partial charge in [-0.05, 0) is 17.5 Å². The van der Waals surface area contributed by atoms with Crippen LogP contribution in [0.2, 0.25) is 0 Å². The highest BCUT2D eigenvalue weighted by atomic mass is 16.2. The monoisotopic (exact) mass is 303 g/mol. The Morgan fingerprint density at radius 2 is 2.18 bits per heavy atom. The Morgan fingerprint density at radius 1 is 1.45 bits per heavy atom. The molecule has 0 spiro atoms. The number of fused-ring (bicyclic) bond motifs is 1. The van der Waals surface area contributed by atoms with Crippen molar-refractivity contribution in [2.24, 2.45) is 5.92 Å². The molecular formula is C17H25N3O2. The summed E-state index contributed by atoms with van der Waals surface area (Å²) >= 11 is 0. The average Bonchev–Trinajstić information content (AvgIpc) is 2.67. The first-order chi connectivity index (χ1) is 10.6. The van der Waals surface area contributed by atoms with E-state index >= 15 is 0 Å². The number of carbonyl (C=O) groups is 2. The Morgan fingerprint density at radius 3 is 2.86 bits per heavy atom. The zero-order valence-corrected chi connectivity index (χ0v) is 13.6. The van der Waals surface area contributed by atoms with Gasteiger partial charge in [-0.1, -0.05) is 38.5 Å². The summed E-state index contributed by atoms with van der Waals surface area (Å²) in [5.41, 5.74) is 1.97. The first kappa shape index (κ1) is 16.5. The van der Waals surface area contributed by atoms with Crippen LogP contribution in [0, 0.1) is 5.92 Å². The fourth-order valence-corrected chi connectivity index (χ4v) is 2.90. The molecule has 0 unspecified atom stereocenters. The number of benzene rings is 1. The average molecular weight is 303 g/mol. The zero-order chi connectivity index (χ0) is 16.1. The highest BCUT2D eigenvalue weighted by molar-refractivity contribution is 5.96. The summed E-state index contributed by atoms with van der Waals surface area (Å²) in [6.45, 7) is 5.44. The largest absolute Gasteiger partial charge is 0.359 e. The normalized spacial score (nSPS) is 19.8. The van der Waals surface area contributed by atoms with Gasteiger partial charge < -0.3 is 10.6 Å². The second kappa shape index (κ2) is 7.40. The second-order valence-corrected chi connectivity index (χ2v) is 5.87. The summed E-state index contributed by atoms with van der Waals surface area (Å²) in [5.74, 6) is 0.260. The Kier molecular flexibility index (Phi) is 5.55. The molecule has 0 saturated carbocycles. The lowest BCUT2D eigenvalue weighted by Crippen LogP contribution is -2.47. The molecule has 1 aromatic carbocycles. The molecule has 22 heavy (non-hydrogen) atoms. The fraction of sp³-hybridized carbons (Fsp3) is 0.529. The smallest absolute Gasteiger partial charge is 0.242 e. The molecule has 5 nitrogen and oxygen atoms in total. The van der Waals surface area contributed by atoms with Crippen molar-refractivity contribution in [3.63, 3.8) is 0 Å². The van der Waals surface area contributed by atoms with Crippen molar-refractivity contribution in [3.05, 3.63) is 29.8 Å². The third kappa shape index (κ3) is 3.65. The molecule has 0 aliphatic carbocycles. The predicted octanol–water partition coefficient (Wildman–Crippen LogP) is 1.99. The molecule has 1 heterocycles. The maximum absolute atomic E-state index is 12.6. The van der Waals surface area contributed by atoms with E-state index in [1.54, 1.807) is 7.05 Å². The summed E-state index contributed by atoms with van der Waals surface area (Å²) in [6, 6.07) is 7.66. The molecule has 5 heteroatoms. The first-order valence-electron chi connectivity index (χ1n) is 7.90. The molecule has 0 aromatic heterocycles. The molecule has 120 valence electrons. The third-order valence-corrected chi connectivity index (χ3v) is 4.40. The van der Waals surface area contributed by atoms with Crippen LogP contribution in [0.15, 0.2) is 24.3 Å². The van der Waals surface area contributed by atoms with Gasteiger partial charge in [0, 0.05) is 32.2 Å². The van der Waals surface area contributed by atoms with Gasteiger partial charge in [0.05, 0.1) is 6.04 Å². The Balaban J connectivity index is 2.26. The van der Waals surface area contributed by atoms with E-state index in [-0.39, 0.29) is 23.8 Å². The quantitative estimate of drug-likeness (QED) is 0.874. The van der Waals surface area contributed by atoms with Crippen LogP contribution in [0.1, 0.15) is 32.3 Å². The summed E-state index contributed by atoms with van der Waals surface area (Å²) in [5, 5.41) is 5.68. The van der Waals surface area contributed by atoms with Gasteiger partial charge in [-0.15, -0.1) is 0 Å². The van der Waals surface area contributed by atoms with Crippen molar-refractivity contribution in [1.82, 2.24) is 10.2 Å². The number of nitrogens with one attached hydrogen (secondary N) is 2. The number of carbonyl (C=O) groups excluding carboxylic acids is 2. The zero-order valence-electron chi connectivity index (χ0n) is 13.6.